The molecule has 0 aliphatic carbocycles. The van der Waals surface area contributed by atoms with Crippen LogP contribution < -0.4 is 10.6 Å². The summed E-state index contributed by atoms with van der Waals surface area (Å²) >= 11 is 5.89. The lowest BCUT2D eigenvalue weighted by Gasteiger charge is -2.19. The minimum Gasteiger partial charge on any atom is -0.376 e. The molecule has 0 spiro atoms. The van der Waals surface area contributed by atoms with Gasteiger partial charge in [-0.1, -0.05) is 41.9 Å². The lowest BCUT2D eigenvalue weighted by molar-refractivity contribution is -0.700. The Hall–Kier alpha value is -1.56. The van der Waals surface area contributed by atoms with E-state index in [1.54, 1.807) is 12.1 Å². The van der Waals surface area contributed by atoms with Gasteiger partial charge >= 0.3 is 0 Å². The number of anilines is 1. The second-order valence-electron chi connectivity index (χ2n) is 5.92. The highest BCUT2D eigenvalue weighted by molar-refractivity contribution is 7.91. The summed E-state index contributed by atoms with van der Waals surface area (Å²) in [7, 11) is -3.00. The van der Waals surface area contributed by atoms with Crippen molar-refractivity contribution in [2.45, 2.75) is 18.6 Å². The monoisotopic (exact) mass is 351 g/mol. The Bertz CT molecular complexity index is 748. The molecule has 2 aromatic carbocycles. The molecule has 0 radical (unpaired) electrons. The first-order chi connectivity index (χ1) is 11.0. The van der Waals surface area contributed by atoms with Gasteiger partial charge in [0.25, 0.3) is 0 Å². The molecule has 122 valence electrons. The third-order valence-corrected chi connectivity index (χ3v) is 6.10. The van der Waals surface area contributed by atoms with Crippen LogP contribution in [0, 0.1) is 0 Å². The summed E-state index contributed by atoms with van der Waals surface area (Å²) in [6.07, 6.45) is 0. The molecule has 4 nitrogen and oxygen atoms in total. The van der Waals surface area contributed by atoms with Crippen molar-refractivity contribution in [3.05, 3.63) is 65.2 Å². The maximum Gasteiger partial charge on any atom is 0.158 e. The molecule has 0 unspecified atom stereocenters. The van der Waals surface area contributed by atoms with Gasteiger partial charge in [0.05, 0.1) is 11.8 Å². The molecule has 0 aromatic heterocycles. The first-order valence-corrected chi connectivity index (χ1v) is 9.81. The molecule has 3 rings (SSSR count). The van der Waals surface area contributed by atoms with Gasteiger partial charge in [-0.05, 0) is 24.3 Å². The molecule has 0 amide bonds. The maximum absolute atomic E-state index is 12.0. The van der Waals surface area contributed by atoms with Crippen molar-refractivity contribution in [1.82, 2.24) is 0 Å². The zero-order valence-electron chi connectivity index (χ0n) is 12.7. The Kier molecular flexibility index (Phi) is 4.90. The zero-order chi connectivity index (χ0) is 16.3. The van der Waals surface area contributed by atoms with Gasteiger partial charge in [0.1, 0.15) is 18.3 Å². The third-order valence-electron chi connectivity index (χ3n) is 4.09. The van der Waals surface area contributed by atoms with Crippen molar-refractivity contribution in [1.29, 1.82) is 0 Å². The Morgan fingerprint density at radius 1 is 1.04 bits per heavy atom. The molecule has 2 atom stereocenters. The molecule has 3 N–H and O–H groups in total. The lowest BCUT2D eigenvalue weighted by Crippen LogP contribution is -2.91. The summed E-state index contributed by atoms with van der Waals surface area (Å²) in [6.45, 7) is 0.778. The Morgan fingerprint density at radius 3 is 2.43 bits per heavy atom. The van der Waals surface area contributed by atoms with Crippen molar-refractivity contribution in [3.63, 3.8) is 0 Å². The van der Waals surface area contributed by atoms with Crippen LogP contribution in [0.4, 0.5) is 5.69 Å². The van der Waals surface area contributed by atoms with Crippen molar-refractivity contribution >= 4 is 27.1 Å². The van der Waals surface area contributed by atoms with Crippen LogP contribution in [-0.4, -0.2) is 32.0 Å². The van der Waals surface area contributed by atoms with Crippen LogP contribution >= 0.6 is 11.6 Å². The van der Waals surface area contributed by atoms with Crippen LogP contribution in [0.5, 0.6) is 0 Å². The highest BCUT2D eigenvalue weighted by atomic mass is 35.5. The fourth-order valence-electron chi connectivity index (χ4n) is 2.92. The summed E-state index contributed by atoms with van der Waals surface area (Å²) in [4.78, 5) is 0. The minimum absolute atomic E-state index is 0.0101. The van der Waals surface area contributed by atoms with Crippen LogP contribution in [0.2, 0.25) is 5.02 Å². The van der Waals surface area contributed by atoms with E-state index >= 15 is 0 Å². The third kappa shape index (κ3) is 4.47. The Balaban J connectivity index is 1.68. The van der Waals surface area contributed by atoms with Gasteiger partial charge in [-0.15, -0.1) is 0 Å². The van der Waals surface area contributed by atoms with E-state index in [4.69, 9.17) is 11.6 Å². The smallest absolute Gasteiger partial charge is 0.158 e. The molecule has 2 aromatic rings. The van der Waals surface area contributed by atoms with E-state index in [9.17, 15) is 8.42 Å². The molecule has 1 heterocycles. The molecular weight excluding hydrogens is 332 g/mol. The number of nitrogens with one attached hydrogen (secondary N) is 1. The Labute approximate surface area is 141 Å². The first kappa shape index (κ1) is 16.3. The number of rotatable bonds is 5. The largest absolute Gasteiger partial charge is 0.376 e. The van der Waals surface area contributed by atoms with Crippen molar-refractivity contribution in [3.8, 4) is 0 Å². The van der Waals surface area contributed by atoms with Gasteiger partial charge in [-0.25, -0.2) is 8.42 Å². The highest BCUT2D eigenvalue weighted by Crippen LogP contribution is 2.18. The molecule has 1 saturated heterocycles. The van der Waals surface area contributed by atoms with Gasteiger partial charge in [0, 0.05) is 16.3 Å². The fraction of sp³-hybridized carbons (Fsp3) is 0.294. The topological polar surface area (TPSA) is 62.8 Å². The quantitative estimate of drug-likeness (QED) is 0.861. The summed E-state index contributed by atoms with van der Waals surface area (Å²) in [5.74, 6) is 0.386. The predicted molar refractivity (Wildman–Crippen MR) is 93.4 cm³/mol. The number of benzene rings is 2. The second kappa shape index (κ2) is 6.91. The standard InChI is InChI=1S/C17H19ClN2O2S/c18-14-6-8-15(9-7-14)20-17-12-23(21,22)11-16(17)19-10-13-4-2-1-3-5-13/h1-9,16-17,19-20H,10-12H2/p+1/t16-,17+/m1/s1. The molecular formula is C17H20ClN2O2S+. The van der Waals surface area contributed by atoms with Gasteiger partial charge in [-0.2, -0.15) is 0 Å². The molecule has 0 saturated carbocycles. The average molecular weight is 352 g/mol. The number of sulfone groups is 1. The van der Waals surface area contributed by atoms with Crippen molar-refractivity contribution < 1.29 is 13.7 Å². The molecule has 1 aliphatic heterocycles. The highest BCUT2D eigenvalue weighted by Gasteiger charge is 2.40. The van der Waals surface area contributed by atoms with E-state index < -0.39 is 9.84 Å². The number of hydrogen-bond acceptors (Lipinski definition) is 3. The number of quaternary nitrogens is 1. The van der Waals surface area contributed by atoms with E-state index in [1.807, 2.05) is 30.3 Å². The summed E-state index contributed by atoms with van der Waals surface area (Å²) in [5, 5.41) is 6.13. The summed E-state index contributed by atoms with van der Waals surface area (Å²) in [5.41, 5.74) is 2.09. The molecule has 1 fully saturated rings. The van der Waals surface area contributed by atoms with Crippen molar-refractivity contribution in [2.24, 2.45) is 0 Å². The maximum atomic E-state index is 12.0. The van der Waals surface area contributed by atoms with Gasteiger partial charge in [0.2, 0.25) is 0 Å². The summed E-state index contributed by atoms with van der Waals surface area (Å²) < 4.78 is 24.1. The van der Waals surface area contributed by atoms with Crippen LogP contribution in [0.25, 0.3) is 0 Å². The van der Waals surface area contributed by atoms with Crippen LogP contribution in [-0.2, 0) is 16.4 Å². The van der Waals surface area contributed by atoms with Gasteiger partial charge in [0.15, 0.2) is 9.84 Å². The second-order valence-corrected chi connectivity index (χ2v) is 8.51. The van der Waals surface area contributed by atoms with E-state index in [-0.39, 0.29) is 23.6 Å². The van der Waals surface area contributed by atoms with Gasteiger partial charge in [-0.3, -0.25) is 0 Å². The van der Waals surface area contributed by atoms with Crippen LogP contribution in [0.3, 0.4) is 0 Å². The fourth-order valence-corrected chi connectivity index (χ4v) is 5.01. The summed E-state index contributed by atoms with van der Waals surface area (Å²) in [6, 6.07) is 17.4. The Morgan fingerprint density at radius 2 is 1.74 bits per heavy atom. The predicted octanol–water partition coefficient (Wildman–Crippen LogP) is 1.68. The van der Waals surface area contributed by atoms with E-state index in [0.29, 0.717) is 5.02 Å². The SMILES string of the molecule is O=S1(=O)C[C@H](Nc2ccc(Cl)cc2)[C@H]([NH2+]Cc2ccccc2)C1. The molecule has 6 heteroatoms. The first-order valence-electron chi connectivity index (χ1n) is 7.62. The van der Waals surface area contributed by atoms with Gasteiger partial charge < -0.3 is 10.6 Å². The number of hydrogen-bond donors (Lipinski definition) is 2. The minimum atomic E-state index is -3.00. The lowest BCUT2D eigenvalue weighted by atomic mass is 10.1. The number of nitrogens with two attached hydrogens (primary N) is 1. The van der Waals surface area contributed by atoms with E-state index in [1.165, 1.54) is 5.56 Å². The van der Waals surface area contributed by atoms with Crippen molar-refractivity contribution in [2.75, 3.05) is 16.8 Å². The van der Waals surface area contributed by atoms with E-state index in [2.05, 4.69) is 22.8 Å². The van der Waals surface area contributed by atoms with E-state index in [0.717, 1.165) is 12.2 Å². The molecule has 1 aliphatic rings. The average Bonchev–Trinajstić information content (AvgIpc) is 2.82. The normalized spacial score (nSPS) is 22.8. The molecule has 0 bridgehead atoms. The zero-order valence-corrected chi connectivity index (χ0v) is 14.2. The number of halogens is 1. The van der Waals surface area contributed by atoms with Crippen LogP contribution in [0.15, 0.2) is 54.6 Å². The molecule has 23 heavy (non-hydrogen) atoms. The van der Waals surface area contributed by atoms with Crippen LogP contribution in [0.1, 0.15) is 5.56 Å².